The smallest absolute Gasteiger partial charge is 0.260 e. The zero-order chi connectivity index (χ0) is 18.0. The molecule has 1 aromatic carbocycles. The molecule has 1 aromatic heterocycles. The van der Waals surface area contributed by atoms with E-state index in [0.717, 1.165) is 23.4 Å². The van der Waals surface area contributed by atoms with Crippen LogP contribution in [0.2, 0.25) is 0 Å². The van der Waals surface area contributed by atoms with Crippen LogP contribution in [0.15, 0.2) is 30.5 Å². The normalized spacial score (nSPS) is 16.9. The Morgan fingerprint density at radius 3 is 2.68 bits per heavy atom. The third-order valence-electron chi connectivity index (χ3n) is 4.13. The van der Waals surface area contributed by atoms with Crippen LogP contribution < -0.4 is 16.0 Å². The molecule has 7 nitrogen and oxygen atoms in total. The van der Waals surface area contributed by atoms with Crippen molar-refractivity contribution in [3.63, 3.8) is 0 Å². The maximum atomic E-state index is 12.4. The van der Waals surface area contributed by atoms with Gasteiger partial charge in [-0.05, 0) is 24.1 Å². The highest BCUT2D eigenvalue weighted by Crippen LogP contribution is 2.27. The van der Waals surface area contributed by atoms with Crippen LogP contribution in [0.1, 0.15) is 28.6 Å². The van der Waals surface area contributed by atoms with E-state index in [1.807, 2.05) is 24.3 Å². The van der Waals surface area contributed by atoms with Crippen molar-refractivity contribution in [3.05, 3.63) is 40.9 Å². The second-order valence-electron chi connectivity index (χ2n) is 5.81. The van der Waals surface area contributed by atoms with Gasteiger partial charge in [0.05, 0.1) is 12.1 Å². The van der Waals surface area contributed by atoms with Crippen molar-refractivity contribution in [2.24, 2.45) is 11.7 Å². The van der Waals surface area contributed by atoms with E-state index in [0.29, 0.717) is 11.7 Å². The molecule has 130 valence electrons. The second kappa shape index (κ2) is 7.02. The minimum atomic E-state index is -0.587. The molecule has 0 radical (unpaired) electrons. The predicted molar refractivity (Wildman–Crippen MR) is 95.5 cm³/mol. The van der Waals surface area contributed by atoms with Crippen molar-refractivity contribution in [1.82, 2.24) is 4.98 Å². The van der Waals surface area contributed by atoms with Gasteiger partial charge in [-0.2, -0.15) is 0 Å². The van der Waals surface area contributed by atoms with Crippen LogP contribution in [-0.2, 0) is 16.0 Å². The Labute approximate surface area is 148 Å². The lowest BCUT2D eigenvalue weighted by atomic mass is 10.1. The number of nitrogens with one attached hydrogen (secondary N) is 1. The van der Waals surface area contributed by atoms with Crippen molar-refractivity contribution in [3.8, 4) is 0 Å². The minimum Gasteiger partial charge on any atom is -0.365 e. The number of anilines is 2. The largest absolute Gasteiger partial charge is 0.365 e. The lowest BCUT2D eigenvalue weighted by Crippen LogP contribution is -2.28. The fraction of sp³-hybridized carbons (Fsp3) is 0.294. The molecular weight excluding hydrogens is 340 g/mol. The second-order valence-corrected chi connectivity index (χ2v) is 6.84. The summed E-state index contributed by atoms with van der Waals surface area (Å²) < 4.78 is 0. The van der Waals surface area contributed by atoms with Gasteiger partial charge in [0, 0.05) is 18.7 Å². The fourth-order valence-electron chi connectivity index (χ4n) is 2.70. The molecule has 25 heavy (non-hydrogen) atoms. The van der Waals surface area contributed by atoms with Crippen molar-refractivity contribution >= 4 is 39.9 Å². The number of carbonyl (C=O) groups excluding carboxylic acids is 3. The van der Waals surface area contributed by atoms with Gasteiger partial charge in [-0.1, -0.05) is 30.4 Å². The first-order chi connectivity index (χ1) is 12.0. The third kappa shape index (κ3) is 3.69. The number of rotatable bonds is 5. The Morgan fingerprint density at radius 2 is 2.08 bits per heavy atom. The first kappa shape index (κ1) is 17.1. The molecule has 0 spiro atoms. The van der Waals surface area contributed by atoms with E-state index >= 15 is 0 Å². The summed E-state index contributed by atoms with van der Waals surface area (Å²) in [5, 5.41) is 2.95. The molecular formula is C17H18N4O3S. The Balaban J connectivity index is 1.66. The lowest BCUT2D eigenvalue weighted by molar-refractivity contribution is -0.122. The number of carbonyl (C=O) groups is 3. The summed E-state index contributed by atoms with van der Waals surface area (Å²) in [6.45, 7) is 2.39. The van der Waals surface area contributed by atoms with E-state index in [-0.39, 0.29) is 23.1 Å². The number of benzene rings is 1. The average molecular weight is 358 g/mol. The number of hydrogen-bond acceptors (Lipinski definition) is 5. The molecule has 0 aliphatic carbocycles. The number of nitrogens with two attached hydrogens (primary N) is 1. The van der Waals surface area contributed by atoms with Gasteiger partial charge >= 0.3 is 0 Å². The van der Waals surface area contributed by atoms with E-state index in [9.17, 15) is 14.4 Å². The number of aryl methyl sites for hydroxylation is 1. The van der Waals surface area contributed by atoms with E-state index in [4.69, 9.17) is 5.73 Å². The van der Waals surface area contributed by atoms with Crippen molar-refractivity contribution < 1.29 is 14.4 Å². The van der Waals surface area contributed by atoms with Gasteiger partial charge in [0.1, 0.15) is 4.88 Å². The van der Waals surface area contributed by atoms with Crippen LogP contribution >= 0.6 is 11.3 Å². The molecule has 1 aliphatic rings. The molecule has 3 rings (SSSR count). The molecule has 0 bridgehead atoms. The van der Waals surface area contributed by atoms with E-state index in [2.05, 4.69) is 17.2 Å². The van der Waals surface area contributed by atoms with Gasteiger partial charge in [0.2, 0.25) is 11.8 Å². The maximum Gasteiger partial charge on any atom is 0.260 e. The predicted octanol–water partition coefficient (Wildman–Crippen LogP) is 1.80. The standard InChI is InChI=1S/C17H18N4O3S/c1-2-10-3-5-12(6-4-10)21-9-11(7-14(21)22)16(24)20-17-19-8-13(25-17)15(18)23/h3-6,8,11H,2,7,9H2,1H3,(H2,18,23)(H,19,20,24)/t11-/m0/s1. The van der Waals surface area contributed by atoms with Crippen LogP contribution in [0, 0.1) is 5.92 Å². The molecule has 1 atom stereocenters. The zero-order valence-corrected chi connectivity index (χ0v) is 14.5. The summed E-state index contributed by atoms with van der Waals surface area (Å²) in [7, 11) is 0. The molecule has 0 saturated carbocycles. The first-order valence-electron chi connectivity index (χ1n) is 7.93. The molecule has 1 fully saturated rings. The number of nitrogens with zero attached hydrogens (tertiary/aromatic N) is 2. The third-order valence-corrected chi connectivity index (χ3v) is 5.06. The van der Waals surface area contributed by atoms with E-state index in [1.54, 1.807) is 4.90 Å². The van der Waals surface area contributed by atoms with Gasteiger partial charge in [-0.3, -0.25) is 14.4 Å². The Morgan fingerprint density at radius 1 is 1.36 bits per heavy atom. The van der Waals surface area contributed by atoms with Gasteiger partial charge < -0.3 is 16.0 Å². The van der Waals surface area contributed by atoms with Crippen LogP contribution in [0.3, 0.4) is 0 Å². The molecule has 1 aliphatic heterocycles. The minimum absolute atomic E-state index is 0.0821. The number of thiazole rings is 1. The summed E-state index contributed by atoms with van der Waals surface area (Å²) in [6, 6.07) is 7.77. The van der Waals surface area contributed by atoms with Crippen LogP contribution in [-0.4, -0.2) is 29.3 Å². The highest BCUT2D eigenvalue weighted by molar-refractivity contribution is 7.17. The highest BCUT2D eigenvalue weighted by Gasteiger charge is 2.35. The lowest BCUT2D eigenvalue weighted by Gasteiger charge is -2.17. The zero-order valence-electron chi connectivity index (χ0n) is 13.7. The Hall–Kier alpha value is -2.74. The van der Waals surface area contributed by atoms with Crippen LogP contribution in [0.5, 0.6) is 0 Å². The summed E-state index contributed by atoms with van der Waals surface area (Å²) in [6.07, 6.45) is 2.40. The highest BCUT2D eigenvalue weighted by atomic mass is 32.1. The molecule has 1 saturated heterocycles. The van der Waals surface area contributed by atoms with Crippen molar-refractivity contribution in [1.29, 1.82) is 0 Å². The van der Waals surface area contributed by atoms with Gasteiger partial charge in [-0.15, -0.1) is 0 Å². The first-order valence-corrected chi connectivity index (χ1v) is 8.75. The number of primary amides is 1. The number of hydrogen-bond donors (Lipinski definition) is 2. The topological polar surface area (TPSA) is 105 Å². The average Bonchev–Trinajstić information content (AvgIpc) is 3.22. The summed E-state index contributed by atoms with van der Waals surface area (Å²) in [5.41, 5.74) is 7.16. The van der Waals surface area contributed by atoms with E-state index < -0.39 is 11.8 Å². The fourth-order valence-corrected chi connectivity index (χ4v) is 3.37. The Bertz CT molecular complexity index is 816. The van der Waals surface area contributed by atoms with Crippen molar-refractivity contribution in [2.75, 3.05) is 16.8 Å². The quantitative estimate of drug-likeness (QED) is 0.850. The van der Waals surface area contributed by atoms with Crippen LogP contribution in [0.4, 0.5) is 10.8 Å². The van der Waals surface area contributed by atoms with Crippen LogP contribution in [0.25, 0.3) is 0 Å². The number of amides is 3. The Kier molecular flexibility index (Phi) is 4.80. The summed E-state index contributed by atoms with van der Waals surface area (Å²) >= 11 is 1.01. The van der Waals surface area contributed by atoms with Gasteiger partial charge in [0.25, 0.3) is 5.91 Å². The van der Waals surface area contributed by atoms with Gasteiger partial charge in [0.15, 0.2) is 5.13 Å². The number of aromatic nitrogens is 1. The molecule has 3 N–H and O–H groups in total. The molecule has 8 heteroatoms. The molecule has 2 heterocycles. The van der Waals surface area contributed by atoms with E-state index in [1.165, 1.54) is 11.8 Å². The monoisotopic (exact) mass is 358 g/mol. The SMILES string of the molecule is CCc1ccc(N2C[C@@H](C(=O)Nc3ncc(C(N)=O)s3)CC2=O)cc1. The molecule has 3 amide bonds. The summed E-state index contributed by atoms with van der Waals surface area (Å²) in [5.74, 6) is -1.41. The summed E-state index contributed by atoms with van der Waals surface area (Å²) in [4.78, 5) is 41.6. The molecule has 0 unspecified atom stereocenters. The van der Waals surface area contributed by atoms with Gasteiger partial charge in [-0.25, -0.2) is 4.98 Å². The maximum absolute atomic E-state index is 12.4. The molecule has 2 aromatic rings. The van der Waals surface area contributed by atoms with Crippen molar-refractivity contribution in [2.45, 2.75) is 19.8 Å².